The number of benzene rings is 1. The van der Waals surface area contributed by atoms with Crippen LogP contribution in [0.1, 0.15) is 5.56 Å². The molecule has 7 heteroatoms. The van der Waals surface area contributed by atoms with Gasteiger partial charge in [0.2, 0.25) is 5.91 Å². The summed E-state index contributed by atoms with van der Waals surface area (Å²) in [6, 6.07) is 6.61. The normalized spacial score (nSPS) is 10.3. The van der Waals surface area contributed by atoms with E-state index < -0.39 is 11.6 Å². The maximum absolute atomic E-state index is 13.0. The zero-order valence-corrected chi connectivity index (χ0v) is 12.3. The summed E-state index contributed by atoms with van der Waals surface area (Å²) in [7, 11) is 0. The molecule has 1 aromatic carbocycles. The molecule has 0 atom stereocenters. The van der Waals surface area contributed by atoms with Gasteiger partial charge in [-0.15, -0.1) is 0 Å². The van der Waals surface area contributed by atoms with Crippen molar-refractivity contribution in [3.63, 3.8) is 0 Å². The van der Waals surface area contributed by atoms with Crippen molar-refractivity contribution in [2.75, 3.05) is 18.4 Å². The molecular weight excluding hydrogens is 312 g/mol. The zero-order valence-electron chi connectivity index (χ0n) is 11.6. The topological polar surface area (TPSA) is 54.0 Å². The Balaban J connectivity index is 1.72. The third kappa shape index (κ3) is 5.29. The van der Waals surface area contributed by atoms with Crippen LogP contribution in [-0.2, 0) is 11.2 Å². The molecule has 22 heavy (non-hydrogen) atoms. The molecule has 0 aliphatic carbocycles. The van der Waals surface area contributed by atoms with E-state index in [1.54, 1.807) is 12.1 Å². The zero-order chi connectivity index (χ0) is 15.9. The molecule has 4 nitrogen and oxygen atoms in total. The lowest BCUT2D eigenvalue weighted by Crippen LogP contribution is -2.31. The number of hydrogen-bond donors (Lipinski definition) is 2. The van der Waals surface area contributed by atoms with E-state index >= 15 is 0 Å². The van der Waals surface area contributed by atoms with Gasteiger partial charge in [-0.1, -0.05) is 11.6 Å². The first-order valence-electron chi connectivity index (χ1n) is 6.60. The number of aromatic nitrogens is 1. The quantitative estimate of drug-likeness (QED) is 0.858. The predicted molar refractivity (Wildman–Crippen MR) is 80.8 cm³/mol. The second kappa shape index (κ2) is 7.70. The molecule has 2 rings (SSSR count). The number of nitrogens with zero attached hydrogens (tertiary/aromatic N) is 1. The monoisotopic (exact) mass is 325 g/mol. The molecule has 0 aliphatic heterocycles. The highest BCUT2D eigenvalue weighted by Crippen LogP contribution is 2.09. The van der Waals surface area contributed by atoms with Crippen LogP contribution in [0.2, 0.25) is 5.02 Å². The van der Waals surface area contributed by atoms with Gasteiger partial charge >= 0.3 is 0 Å². The van der Waals surface area contributed by atoms with Crippen molar-refractivity contribution in [3.8, 4) is 0 Å². The molecule has 0 bridgehead atoms. The average molecular weight is 326 g/mol. The molecule has 0 saturated heterocycles. The van der Waals surface area contributed by atoms with Crippen molar-refractivity contribution >= 4 is 23.3 Å². The smallest absolute Gasteiger partial charge is 0.239 e. The number of carbonyl (C=O) groups is 1. The van der Waals surface area contributed by atoms with E-state index in [1.807, 2.05) is 0 Å². The van der Waals surface area contributed by atoms with Crippen LogP contribution >= 0.6 is 11.6 Å². The molecule has 1 aromatic heterocycles. The van der Waals surface area contributed by atoms with Crippen LogP contribution in [0.4, 0.5) is 14.6 Å². The number of carbonyl (C=O) groups excluding carboxylic acids is 1. The van der Waals surface area contributed by atoms with Crippen LogP contribution < -0.4 is 10.6 Å². The lowest BCUT2D eigenvalue weighted by Gasteiger charge is -2.07. The number of anilines is 1. The van der Waals surface area contributed by atoms with Gasteiger partial charge in [0.15, 0.2) is 0 Å². The van der Waals surface area contributed by atoms with E-state index in [-0.39, 0.29) is 19.0 Å². The fourth-order valence-electron chi connectivity index (χ4n) is 1.82. The average Bonchev–Trinajstić information content (AvgIpc) is 2.46. The Morgan fingerprint density at radius 2 is 1.91 bits per heavy atom. The Bertz CT molecular complexity index is 629. The number of halogens is 3. The van der Waals surface area contributed by atoms with Gasteiger partial charge in [0, 0.05) is 18.8 Å². The summed E-state index contributed by atoms with van der Waals surface area (Å²) >= 11 is 5.70. The second-order valence-electron chi connectivity index (χ2n) is 4.59. The van der Waals surface area contributed by atoms with E-state index in [1.165, 1.54) is 18.3 Å². The van der Waals surface area contributed by atoms with Crippen molar-refractivity contribution in [2.45, 2.75) is 6.42 Å². The van der Waals surface area contributed by atoms with E-state index in [0.29, 0.717) is 22.8 Å². The molecule has 0 unspecified atom stereocenters. The van der Waals surface area contributed by atoms with Crippen LogP contribution in [0.3, 0.4) is 0 Å². The van der Waals surface area contributed by atoms with Gasteiger partial charge in [0.25, 0.3) is 0 Å². The Morgan fingerprint density at radius 3 is 2.55 bits per heavy atom. The largest absolute Gasteiger partial charge is 0.361 e. The van der Waals surface area contributed by atoms with Gasteiger partial charge in [-0.25, -0.2) is 13.8 Å². The molecule has 0 fully saturated rings. The van der Waals surface area contributed by atoms with Crippen molar-refractivity contribution in [3.05, 3.63) is 58.7 Å². The summed E-state index contributed by atoms with van der Waals surface area (Å²) in [6.45, 7) is 0.337. The number of amides is 1. The maximum atomic E-state index is 13.0. The fourth-order valence-corrected chi connectivity index (χ4v) is 1.93. The van der Waals surface area contributed by atoms with Crippen LogP contribution in [0, 0.1) is 11.6 Å². The lowest BCUT2D eigenvalue weighted by molar-refractivity contribution is -0.119. The molecule has 1 amide bonds. The third-order valence-corrected chi connectivity index (χ3v) is 3.04. The molecule has 116 valence electrons. The van der Waals surface area contributed by atoms with Crippen LogP contribution in [0.15, 0.2) is 36.5 Å². The van der Waals surface area contributed by atoms with Crippen molar-refractivity contribution in [1.82, 2.24) is 10.3 Å². The summed E-state index contributed by atoms with van der Waals surface area (Å²) in [4.78, 5) is 15.6. The Kier molecular flexibility index (Phi) is 5.66. The standard InChI is InChI=1S/C15H14ClF2N3O/c16-11-1-2-14(20-8-11)21-9-15(22)19-4-3-10-5-12(17)7-13(18)6-10/h1-2,5-8H,3-4,9H2,(H,19,22)(H,20,21). The first-order chi connectivity index (χ1) is 10.5. The first kappa shape index (κ1) is 16.2. The van der Waals surface area contributed by atoms with E-state index in [0.717, 1.165) is 6.07 Å². The molecular formula is C15H14ClF2N3O. The van der Waals surface area contributed by atoms with Crippen LogP contribution in [-0.4, -0.2) is 24.0 Å². The van der Waals surface area contributed by atoms with Crippen molar-refractivity contribution in [1.29, 1.82) is 0 Å². The van der Waals surface area contributed by atoms with Gasteiger partial charge in [0.1, 0.15) is 17.5 Å². The summed E-state index contributed by atoms with van der Waals surface area (Å²) in [6.07, 6.45) is 1.82. The SMILES string of the molecule is O=C(CNc1ccc(Cl)cn1)NCCc1cc(F)cc(F)c1. The number of nitrogens with one attached hydrogen (secondary N) is 2. The minimum Gasteiger partial charge on any atom is -0.361 e. The van der Waals surface area contributed by atoms with E-state index in [2.05, 4.69) is 15.6 Å². The highest BCUT2D eigenvalue weighted by Gasteiger charge is 2.04. The predicted octanol–water partition coefficient (Wildman–Crippen LogP) is 2.78. The Hall–Kier alpha value is -2.21. The maximum Gasteiger partial charge on any atom is 0.239 e. The fraction of sp³-hybridized carbons (Fsp3) is 0.200. The number of rotatable bonds is 6. The minimum absolute atomic E-state index is 0.0478. The van der Waals surface area contributed by atoms with Gasteiger partial charge in [-0.2, -0.15) is 0 Å². The van der Waals surface area contributed by atoms with Crippen LogP contribution in [0.5, 0.6) is 0 Å². The van der Waals surface area contributed by atoms with Gasteiger partial charge in [-0.3, -0.25) is 4.79 Å². The number of pyridine rings is 1. The lowest BCUT2D eigenvalue weighted by atomic mass is 10.1. The summed E-state index contributed by atoms with van der Waals surface area (Å²) in [5, 5.41) is 6.00. The van der Waals surface area contributed by atoms with Gasteiger partial charge in [-0.05, 0) is 36.2 Å². The Labute approximate surface area is 131 Å². The molecule has 2 aromatic rings. The highest BCUT2D eigenvalue weighted by atomic mass is 35.5. The highest BCUT2D eigenvalue weighted by molar-refractivity contribution is 6.30. The minimum atomic E-state index is -0.628. The molecule has 0 spiro atoms. The molecule has 0 saturated carbocycles. The van der Waals surface area contributed by atoms with Crippen LogP contribution in [0.25, 0.3) is 0 Å². The van der Waals surface area contributed by atoms with Gasteiger partial charge in [0.05, 0.1) is 11.6 Å². The Morgan fingerprint density at radius 1 is 1.18 bits per heavy atom. The molecule has 0 aliphatic rings. The third-order valence-electron chi connectivity index (χ3n) is 2.82. The molecule has 0 radical (unpaired) electrons. The first-order valence-corrected chi connectivity index (χ1v) is 6.98. The summed E-state index contributed by atoms with van der Waals surface area (Å²) < 4.78 is 26.0. The van der Waals surface area contributed by atoms with Gasteiger partial charge < -0.3 is 10.6 Å². The van der Waals surface area contributed by atoms with Crippen molar-refractivity contribution in [2.24, 2.45) is 0 Å². The molecule has 1 heterocycles. The molecule has 2 N–H and O–H groups in total. The van der Waals surface area contributed by atoms with Crippen molar-refractivity contribution < 1.29 is 13.6 Å². The summed E-state index contributed by atoms with van der Waals surface area (Å²) in [5.41, 5.74) is 0.491. The number of hydrogen-bond acceptors (Lipinski definition) is 3. The van der Waals surface area contributed by atoms with E-state index in [4.69, 9.17) is 11.6 Å². The second-order valence-corrected chi connectivity index (χ2v) is 5.03. The summed E-state index contributed by atoms with van der Waals surface area (Å²) in [5.74, 6) is -0.964. The van der Waals surface area contributed by atoms with E-state index in [9.17, 15) is 13.6 Å².